The fraction of sp³-hybridized carbons (Fsp3) is 0.222. The number of halogens is 1. The molecule has 0 saturated carbocycles. The van der Waals surface area contributed by atoms with E-state index < -0.39 is 0 Å². The van der Waals surface area contributed by atoms with E-state index in [-0.39, 0.29) is 17.6 Å². The lowest BCUT2D eigenvalue weighted by Crippen LogP contribution is -2.27. The molecule has 124 valence electrons. The Bertz CT molecular complexity index is 731. The molecule has 4 nitrogen and oxygen atoms in total. The topological polar surface area (TPSA) is 46.6 Å². The molecule has 1 aliphatic rings. The third-order valence-electron chi connectivity index (χ3n) is 3.69. The van der Waals surface area contributed by atoms with Gasteiger partial charge in [-0.15, -0.1) is 0 Å². The number of carbonyl (C=O) groups is 2. The van der Waals surface area contributed by atoms with Gasteiger partial charge >= 0.3 is 5.97 Å². The Morgan fingerprint density at radius 2 is 1.71 bits per heavy atom. The van der Waals surface area contributed by atoms with Crippen molar-refractivity contribution in [3.63, 3.8) is 0 Å². The summed E-state index contributed by atoms with van der Waals surface area (Å²) in [4.78, 5) is 25.1. The molecule has 2 aromatic carbocycles. The summed E-state index contributed by atoms with van der Waals surface area (Å²) in [6.07, 6.45) is 0.213. The van der Waals surface area contributed by atoms with Gasteiger partial charge in [-0.05, 0) is 58.0 Å². The molecule has 0 radical (unpaired) electrons. The largest absolute Gasteiger partial charge is 0.426 e. The summed E-state index contributed by atoms with van der Waals surface area (Å²) >= 11 is 3.57. The van der Waals surface area contributed by atoms with Gasteiger partial charge < -0.3 is 9.64 Å². The van der Waals surface area contributed by atoms with E-state index >= 15 is 0 Å². The molecular weight excluding hydrogens is 437 g/mol. The van der Waals surface area contributed by atoms with Crippen LogP contribution in [-0.4, -0.2) is 35.0 Å². The van der Waals surface area contributed by atoms with E-state index in [1.165, 1.54) is 15.3 Å². The monoisotopic (exact) mass is 453 g/mol. The molecule has 0 unspecified atom stereocenters. The predicted octanol–water partition coefficient (Wildman–Crippen LogP) is 4.42. The van der Waals surface area contributed by atoms with Gasteiger partial charge in [-0.2, -0.15) is 0 Å². The maximum atomic E-state index is 11.9. The highest BCUT2D eigenvalue weighted by Crippen LogP contribution is 2.23. The highest BCUT2D eigenvalue weighted by Gasteiger charge is 2.21. The zero-order valence-electron chi connectivity index (χ0n) is 12.9. The number of thioether (sulfide) groups is 1. The molecule has 1 heterocycles. The van der Waals surface area contributed by atoms with Crippen molar-refractivity contribution in [3.05, 3.63) is 52.1 Å². The van der Waals surface area contributed by atoms with Gasteiger partial charge in [-0.1, -0.05) is 36.0 Å². The fourth-order valence-electron chi connectivity index (χ4n) is 2.40. The number of hydrogen-bond donors (Lipinski definition) is 0. The first-order chi connectivity index (χ1) is 11.6. The molecule has 0 N–H and O–H groups in total. The Morgan fingerprint density at radius 3 is 2.29 bits per heavy atom. The van der Waals surface area contributed by atoms with Crippen molar-refractivity contribution in [1.29, 1.82) is 0 Å². The molecule has 0 aliphatic carbocycles. The van der Waals surface area contributed by atoms with Crippen LogP contribution >= 0.6 is 34.4 Å². The second kappa shape index (κ2) is 8.02. The predicted molar refractivity (Wildman–Crippen MR) is 104 cm³/mol. The van der Waals surface area contributed by atoms with Crippen LogP contribution in [0.15, 0.2) is 48.5 Å². The Labute approximate surface area is 158 Å². The van der Waals surface area contributed by atoms with Crippen LogP contribution in [0.3, 0.4) is 0 Å². The fourth-order valence-corrected chi connectivity index (χ4v) is 3.61. The van der Waals surface area contributed by atoms with E-state index in [2.05, 4.69) is 46.9 Å². The molecule has 1 saturated heterocycles. The second-order valence-electron chi connectivity index (χ2n) is 5.36. The third-order valence-corrected chi connectivity index (χ3v) is 5.31. The van der Waals surface area contributed by atoms with Crippen LogP contribution in [0.4, 0.5) is 4.79 Å². The van der Waals surface area contributed by atoms with Gasteiger partial charge in [-0.3, -0.25) is 9.59 Å². The van der Waals surface area contributed by atoms with Crippen molar-refractivity contribution >= 4 is 45.6 Å². The molecule has 1 amide bonds. The number of ether oxygens (including phenoxy) is 1. The zero-order valence-corrected chi connectivity index (χ0v) is 15.9. The number of benzene rings is 2. The summed E-state index contributed by atoms with van der Waals surface area (Å²) in [5.41, 5.74) is 2.20. The minimum absolute atomic E-state index is 0.0460. The molecule has 0 aromatic heterocycles. The van der Waals surface area contributed by atoms with E-state index in [1.807, 2.05) is 12.1 Å². The molecule has 24 heavy (non-hydrogen) atoms. The summed E-state index contributed by atoms with van der Waals surface area (Å²) in [7, 11) is 0. The van der Waals surface area contributed by atoms with Crippen molar-refractivity contribution in [2.45, 2.75) is 6.42 Å². The quantitative estimate of drug-likeness (QED) is 0.382. The molecule has 3 rings (SSSR count). The minimum atomic E-state index is -0.318. The molecular formula is C18H16INO3S. The van der Waals surface area contributed by atoms with E-state index in [0.717, 1.165) is 16.9 Å². The van der Waals surface area contributed by atoms with Gasteiger partial charge in [0.1, 0.15) is 5.75 Å². The van der Waals surface area contributed by atoms with Crippen molar-refractivity contribution in [1.82, 2.24) is 4.90 Å². The van der Waals surface area contributed by atoms with Crippen molar-refractivity contribution in [3.8, 4) is 16.9 Å². The number of nitrogens with zero attached hydrogens (tertiary/aromatic N) is 1. The summed E-state index contributed by atoms with van der Waals surface area (Å²) in [5.74, 6) is 1.01. The normalized spacial score (nSPS) is 14.0. The second-order valence-corrected chi connectivity index (χ2v) is 7.65. The highest BCUT2D eigenvalue weighted by molar-refractivity contribution is 14.1. The lowest BCUT2D eigenvalue weighted by atomic mass is 10.1. The van der Waals surface area contributed by atoms with Crippen LogP contribution in [0.25, 0.3) is 11.1 Å². The molecule has 1 aliphatic heterocycles. The lowest BCUT2D eigenvalue weighted by molar-refractivity contribution is -0.134. The Morgan fingerprint density at radius 1 is 1.08 bits per heavy atom. The van der Waals surface area contributed by atoms with Crippen molar-refractivity contribution < 1.29 is 14.3 Å². The summed E-state index contributed by atoms with van der Waals surface area (Å²) in [6, 6.07) is 15.7. The van der Waals surface area contributed by atoms with Crippen LogP contribution in [0, 0.1) is 3.57 Å². The standard InChI is InChI=1S/C18H16INO3S/c19-15-5-1-13(2-6-15)14-3-7-16(8-4-14)23-17(21)9-10-20-11-12-24-18(20)22/h1-8H,9-12H2. The lowest BCUT2D eigenvalue weighted by Gasteiger charge is -2.13. The van der Waals surface area contributed by atoms with Gasteiger partial charge in [-0.25, -0.2) is 0 Å². The van der Waals surface area contributed by atoms with Crippen LogP contribution in [0.5, 0.6) is 5.75 Å². The summed E-state index contributed by atoms with van der Waals surface area (Å²) in [6.45, 7) is 1.13. The van der Waals surface area contributed by atoms with Crippen LogP contribution in [0.2, 0.25) is 0 Å². The Balaban J connectivity index is 1.54. The van der Waals surface area contributed by atoms with Crippen LogP contribution in [-0.2, 0) is 4.79 Å². The third kappa shape index (κ3) is 4.51. The number of hydrogen-bond acceptors (Lipinski definition) is 4. The van der Waals surface area contributed by atoms with E-state index in [9.17, 15) is 9.59 Å². The first-order valence-corrected chi connectivity index (χ1v) is 9.66. The van der Waals surface area contributed by atoms with Crippen LogP contribution < -0.4 is 4.74 Å². The average Bonchev–Trinajstić information content (AvgIpc) is 3.00. The number of carbonyl (C=O) groups excluding carboxylic acids is 2. The summed E-state index contributed by atoms with van der Waals surface area (Å²) in [5, 5.41) is 0.0460. The van der Waals surface area contributed by atoms with Gasteiger partial charge in [0, 0.05) is 22.4 Å². The first kappa shape index (κ1) is 17.3. The molecule has 0 spiro atoms. The van der Waals surface area contributed by atoms with Crippen molar-refractivity contribution in [2.75, 3.05) is 18.8 Å². The van der Waals surface area contributed by atoms with Gasteiger partial charge in [0.2, 0.25) is 0 Å². The minimum Gasteiger partial charge on any atom is -0.426 e. The summed E-state index contributed by atoms with van der Waals surface area (Å²) < 4.78 is 6.53. The maximum absolute atomic E-state index is 11.9. The van der Waals surface area contributed by atoms with E-state index in [1.54, 1.807) is 17.0 Å². The molecule has 6 heteroatoms. The smallest absolute Gasteiger partial charge is 0.312 e. The number of amides is 1. The SMILES string of the molecule is O=C(CCN1CCSC1=O)Oc1ccc(-c2ccc(I)cc2)cc1. The molecule has 0 bridgehead atoms. The molecule has 0 atom stereocenters. The maximum Gasteiger partial charge on any atom is 0.312 e. The molecule has 2 aromatic rings. The average molecular weight is 453 g/mol. The number of rotatable bonds is 5. The van der Waals surface area contributed by atoms with Crippen LogP contribution in [0.1, 0.15) is 6.42 Å². The van der Waals surface area contributed by atoms with Gasteiger partial charge in [0.05, 0.1) is 6.42 Å². The Kier molecular flexibility index (Phi) is 5.78. The Hall–Kier alpha value is -1.54. The van der Waals surface area contributed by atoms with Crippen molar-refractivity contribution in [2.24, 2.45) is 0 Å². The number of esters is 1. The first-order valence-electron chi connectivity index (χ1n) is 7.60. The van der Waals surface area contributed by atoms with E-state index in [0.29, 0.717) is 18.8 Å². The van der Waals surface area contributed by atoms with Gasteiger partial charge in [0.15, 0.2) is 0 Å². The zero-order chi connectivity index (χ0) is 16.9. The molecule has 1 fully saturated rings. The highest BCUT2D eigenvalue weighted by atomic mass is 127. The van der Waals surface area contributed by atoms with Gasteiger partial charge in [0.25, 0.3) is 5.24 Å². The van der Waals surface area contributed by atoms with E-state index in [4.69, 9.17) is 4.74 Å².